The lowest BCUT2D eigenvalue weighted by Gasteiger charge is -2.11. The highest BCUT2D eigenvalue weighted by Gasteiger charge is 2.15. The van der Waals surface area contributed by atoms with Crippen LogP contribution in [0.2, 0.25) is 0 Å². The first-order valence-corrected chi connectivity index (χ1v) is 5.49. The van der Waals surface area contributed by atoms with Gasteiger partial charge in [0.15, 0.2) is 0 Å². The Hall–Kier alpha value is -1.35. The molecule has 3 heteroatoms. The van der Waals surface area contributed by atoms with Crippen molar-refractivity contribution in [3.05, 3.63) is 35.4 Å². The summed E-state index contributed by atoms with van der Waals surface area (Å²) >= 11 is 0. The Kier molecular flexibility index (Phi) is 4.50. The van der Waals surface area contributed by atoms with E-state index in [9.17, 15) is 4.79 Å². The fourth-order valence-corrected chi connectivity index (χ4v) is 1.37. The molecule has 0 N–H and O–H groups in total. The summed E-state index contributed by atoms with van der Waals surface area (Å²) in [6.07, 6.45) is -0.129. The third kappa shape index (κ3) is 3.35. The van der Waals surface area contributed by atoms with Crippen molar-refractivity contribution < 1.29 is 14.6 Å². The molecule has 16 heavy (non-hydrogen) atoms. The molecule has 0 saturated heterocycles. The van der Waals surface area contributed by atoms with Crippen LogP contribution in [0, 0.1) is 0 Å². The van der Waals surface area contributed by atoms with Gasteiger partial charge < -0.3 is 0 Å². The number of carbonyl (C=O) groups excluding carboxylic acids is 1. The van der Waals surface area contributed by atoms with Crippen LogP contribution in [0.25, 0.3) is 0 Å². The van der Waals surface area contributed by atoms with Crippen LogP contribution in [-0.4, -0.2) is 12.1 Å². The van der Waals surface area contributed by atoms with E-state index in [1.807, 2.05) is 45.9 Å². The van der Waals surface area contributed by atoms with Gasteiger partial charge in [0.2, 0.25) is 0 Å². The van der Waals surface area contributed by atoms with E-state index in [4.69, 9.17) is 9.78 Å². The van der Waals surface area contributed by atoms with Crippen LogP contribution in [0.15, 0.2) is 24.3 Å². The monoisotopic (exact) mass is 222 g/mol. The fourth-order valence-electron chi connectivity index (χ4n) is 1.37. The zero-order valence-electron chi connectivity index (χ0n) is 10.2. The minimum Gasteiger partial charge on any atom is -0.293 e. The lowest BCUT2D eigenvalue weighted by molar-refractivity contribution is -0.265. The second kappa shape index (κ2) is 5.66. The van der Waals surface area contributed by atoms with Crippen molar-refractivity contribution in [3.8, 4) is 0 Å². The molecule has 0 spiro atoms. The van der Waals surface area contributed by atoms with Gasteiger partial charge in [0.1, 0.15) is 0 Å². The second-order valence-electron chi connectivity index (χ2n) is 4.26. The average molecular weight is 222 g/mol. The lowest BCUT2D eigenvalue weighted by Crippen LogP contribution is -2.13. The Balaban J connectivity index is 2.82. The maximum Gasteiger partial charge on any atom is 0.373 e. The SMILES string of the molecule is CC(C)OOC(=O)c1ccccc1C(C)C. The molecule has 0 bridgehead atoms. The van der Waals surface area contributed by atoms with Crippen molar-refractivity contribution in [1.29, 1.82) is 0 Å². The Morgan fingerprint density at radius 2 is 1.75 bits per heavy atom. The zero-order valence-corrected chi connectivity index (χ0v) is 10.2. The molecular formula is C13H18O3. The number of hydrogen-bond donors (Lipinski definition) is 0. The molecule has 0 fully saturated rings. The van der Waals surface area contributed by atoms with E-state index in [-0.39, 0.29) is 12.0 Å². The third-order valence-corrected chi connectivity index (χ3v) is 2.12. The Morgan fingerprint density at radius 3 is 2.31 bits per heavy atom. The van der Waals surface area contributed by atoms with Crippen molar-refractivity contribution >= 4 is 5.97 Å². The number of hydrogen-bond acceptors (Lipinski definition) is 3. The van der Waals surface area contributed by atoms with Gasteiger partial charge in [-0.05, 0) is 31.4 Å². The maximum atomic E-state index is 11.7. The highest BCUT2D eigenvalue weighted by molar-refractivity contribution is 5.90. The van der Waals surface area contributed by atoms with Crippen LogP contribution in [-0.2, 0) is 9.78 Å². The van der Waals surface area contributed by atoms with Gasteiger partial charge in [-0.25, -0.2) is 4.79 Å². The predicted octanol–water partition coefficient (Wildman–Crippen LogP) is 3.31. The van der Waals surface area contributed by atoms with Gasteiger partial charge >= 0.3 is 5.97 Å². The van der Waals surface area contributed by atoms with Gasteiger partial charge in [-0.1, -0.05) is 32.0 Å². The summed E-state index contributed by atoms with van der Waals surface area (Å²) in [6.45, 7) is 7.69. The Morgan fingerprint density at radius 1 is 1.12 bits per heavy atom. The van der Waals surface area contributed by atoms with E-state index in [1.165, 1.54) is 0 Å². The smallest absolute Gasteiger partial charge is 0.293 e. The standard InChI is InChI=1S/C13H18O3/c1-9(2)11-7-5-6-8-12(11)13(14)16-15-10(3)4/h5-10H,1-4H3. The first-order valence-electron chi connectivity index (χ1n) is 5.49. The molecule has 0 amide bonds. The predicted molar refractivity (Wildman–Crippen MR) is 62.2 cm³/mol. The summed E-state index contributed by atoms with van der Waals surface area (Å²) in [5.41, 5.74) is 1.54. The summed E-state index contributed by atoms with van der Waals surface area (Å²) < 4.78 is 0. The van der Waals surface area contributed by atoms with Crippen LogP contribution in [0.4, 0.5) is 0 Å². The van der Waals surface area contributed by atoms with E-state index in [2.05, 4.69) is 0 Å². The van der Waals surface area contributed by atoms with E-state index in [1.54, 1.807) is 6.07 Å². The number of rotatable bonds is 4. The minimum absolute atomic E-state index is 0.129. The topological polar surface area (TPSA) is 35.5 Å². The molecule has 1 aromatic rings. The van der Waals surface area contributed by atoms with E-state index >= 15 is 0 Å². The summed E-state index contributed by atoms with van der Waals surface area (Å²) in [5.74, 6) is -0.152. The van der Waals surface area contributed by atoms with Crippen molar-refractivity contribution in [2.24, 2.45) is 0 Å². The van der Waals surface area contributed by atoms with Crippen LogP contribution in [0.1, 0.15) is 49.5 Å². The first kappa shape index (κ1) is 12.7. The molecular weight excluding hydrogens is 204 g/mol. The summed E-state index contributed by atoms with van der Waals surface area (Å²) in [6, 6.07) is 7.41. The van der Waals surface area contributed by atoms with Gasteiger partial charge in [0, 0.05) is 0 Å². The summed E-state index contributed by atoms with van der Waals surface area (Å²) in [5, 5.41) is 0. The van der Waals surface area contributed by atoms with Crippen LogP contribution >= 0.6 is 0 Å². The average Bonchev–Trinajstić information content (AvgIpc) is 2.25. The summed E-state index contributed by atoms with van der Waals surface area (Å²) in [7, 11) is 0. The largest absolute Gasteiger partial charge is 0.373 e. The second-order valence-corrected chi connectivity index (χ2v) is 4.26. The van der Waals surface area contributed by atoms with E-state index < -0.39 is 5.97 Å². The molecule has 0 aromatic heterocycles. The molecule has 88 valence electrons. The van der Waals surface area contributed by atoms with Crippen molar-refractivity contribution in [2.45, 2.75) is 39.7 Å². The van der Waals surface area contributed by atoms with Gasteiger partial charge in [0.25, 0.3) is 0 Å². The Labute approximate surface area is 96.3 Å². The summed E-state index contributed by atoms with van der Waals surface area (Å²) in [4.78, 5) is 21.3. The fraction of sp³-hybridized carbons (Fsp3) is 0.462. The molecule has 0 radical (unpaired) electrons. The first-order chi connectivity index (χ1) is 7.52. The highest BCUT2D eigenvalue weighted by atomic mass is 17.2. The van der Waals surface area contributed by atoms with Crippen molar-refractivity contribution in [1.82, 2.24) is 0 Å². The molecule has 0 aliphatic rings. The number of benzene rings is 1. The van der Waals surface area contributed by atoms with Crippen molar-refractivity contribution in [3.63, 3.8) is 0 Å². The van der Waals surface area contributed by atoms with Crippen LogP contribution in [0.5, 0.6) is 0 Å². The minimum atomic E-state index is -0.432. The molecule has 1 rings (SSSR count). The van der Waals surface area contributed by atoms with Gasteiger partial charge in [0.05, 0.1) is 11.7 Å². The molecule has 0 heterocycles. The van der Waals surface area contributed by atoms with Crippen molar-refractivity contribution in [2.75, 3.05) is 0 Å². The van der Waals surface area contributed by atoms with Gasteiger partial charge in [-0.15, -0.1) is 0 Å². The molecule has 0 atom stereocenters. The molecule has 3 nitrogen and oxygen atoms in total. The molecule has 0 aliphatic heterocycles. The maximum absolute atomic E-state index is 11.7. The quantitative estimate of drug-likeness (QED) is 0.579. The highest BCUT2D eigenvalue weighted by Crippen LogP contribution is 2.20. The Bertz CT molecular complexity index is 356. The number of carbonyl (C=O) groups is 1. The van der Waals surface area contributed by atoms with Crippen LogP contribution in [0.3, 0.4) is 0 Å². The normalized spacial score (nSPS) is 10.9. The van der Waals surface area contributed by atoms with Gasteiger partial charge in [-0.3, -0.25) is 4.89 Å². The molecule has 0 aliphatic carbocycles. The third-order valence-electron chi connectivity index (χ3n) is 2.12. The molecule has 0 unspecified atom stereocenters. The lowest BCUT2D eigenvalue weighted by atomic mass is 9.97. The zero-order chi connectivity index (χ0) is 12.1. The molecule has 0 saturated carbocycles. The van der Waals surface area contributed by atoms with E-state index in [0.29, 0.717) is 5.56 Å². The van der Waals surface area contributed by atoms with Gasteiger partial charge in [-0.2, -0.15) is 4.89 Å². The van der Waals surface area contributed by atoms with E-state index in [0.717, 1.165) is 5.56 Å². The van der Waals surface area contributed by atoms with Crippen LogP contribution < -0.4 is 0 Å². The molecule has 1 aromatic carbocycles.